The predicted octanol–water partition coefficient (Wildman–Crippen LogP) is 3.72. The summed E-state index contributed by atoms with van der Waals surface area (Å²) in [4.78, 5) is 31.6. The number of fused-ring (bicyclic) bond motifs is 2. The Morgan fingerprint density at radius 3 is 2.14 bits per heavy atom. The van der Waals surface area contributed by atoms with Gasteiger partial charge in [-0.25, -0.2) is 14.6 Å². The summed E-state index contributed by atoms with van der Waals surface area (Å²) in [5, 5.41) is 7.01. The molecule has 2 N–H and O–H groups in total. The number of nitrogens with zero attached hydrogens (tertiary/aromatic N) is 2. The fourth-order valence-electron chi connectivity index (χ4n) is 5.07. The van der Waals surface area contributed by atoms with Crippen LogP contribution in [0, 0.1) is 20.8 Å². The van der Waals surface area contributed by atoms with E-state index in [2.05, 4.69) is 40.5 Å². The number of ether oxygens (including phenoxy) is 2. The van der Waals surface area contributed by atoms with Crippen LogP contribution < -0.4 is 10.6 Å². The van der Waals surface area contributed by atoms with Crippen LogP contribution >= 0.6 is 0 Å². The monoisotopic (exact) mass is 486 g/mol. The minimum absolute atomic E-state index is 0.192. The maximum atomic E-state index is 11.5. The molecule has 0 unspecified atom stereocenters. The van der Waals surface area contributed by atoms with Crippen molar-refractivity contribution in [2.75, 3.05) is 13.1 Å². The predicted molar refractivity (Wildman–Crippen MR) is 135 cm³/mol. The second kappa shape index (κ2) is 9.79. The Hall–Kier alpha value is -3.62. The molecule has 0 amide bonds. The van der Waals surface area contributed by atoms with Crippen LogP contribution in [0.3, 0.4) is 0 Å². The van der Waals surface area contributed by atoms with Gasteiger partial charge in [0.05, 0.1) is 28.7 Å². The van der Waals surface area contributed by atoms with E-state index in [-0.39, 0.29) is 11.9 Å². The molecule has 0 spiro atoms. The minimum Gasteiger partial charge on any atom is -0.457 e. The van der Waals surface area contributed by atoms with Crippen LogP contribution in [0.4, 0.5) is 0 Å². The SMILES string of the molecule is Cc1c([C@@H]2CNC[C@H](C)N2)ccc2c1COC2=O.Cc1cncc(-c2ccc3c(c2C)COC3=O)n1. The Morgan fingerprint density at radius 1 is 0.833 bits per heavy atom. The molecule has 0 saturated carbocycles. The van der Waals surface area contributed by atoms with E-state index in [0.29, 0.717) is 30.9 Å². The molecule has 3 aliphatic heterocycles. The van der Waals surface area contributed by atoms with Crippen LogP contribution in [0.25, 0.3) is 11.3 Å². The second-order valence-corrected chi connectivity index (χ2v) is 9.55. The molecule has 2 aromatic carbocycles. The van der Waals surface area contributed by atoms with Gasteiger partial charge in [-0.2, -0.15) is 0 Å². The fourth-order valence-corrected chi connectivity index (χ4v) is 5.07. The van der Waals surface area contributed by atoms with Crippen LogP contribution in [0.15, 0.2) is 36.7 Å². The first-order valence-electron chi connectivity index (χ1n) is 12.2. The Kier molecular flexibility index (Phi) is 6.55. The summed E-state index contributed by atoms with van der Waals surface area (Å²) >= 11 is 0. The molecule has 1 saturated heterocycles. The molecule has 1 aromatic heterocycles. The molecule has 36 heavy (non-hydrogen) atoms. The zero-order chi connectivity index (χ0) is 25.4. The number of aryl methyl sites for hydroxylation is 1. The van der Waals surface area contributed by atoms with Crippen molar-refractivity contribution in [1.82, 2.24) is 20.6 Å². The summed E-state index contributed by atoms with van der Waals surface area (Å²) < 4.78 is 10.1. The van der Waals surface area contributed by atoms with Crippen molar-refractivity contribution in [1.29, 1.82) is 0 Å². The number of nitrogens with one attached hydrogen (secondary N) is 2. The Bertz CT molecular complexity index is 1350. The first kappa shape index (κ1) is 24.1. The molecule has 0 bridgehead atoms. The highest BCUT2D eigenvalue weighted by Gasteiger charge is 2.28. The van der Waals surface area contributed by atoms with Crippen LogP contribution in [0.1, 0.15) is 67.2 Å². The molecule has 3 aliphatic rings. The number of benzene rings is 2. The molecule has 1 fully saturated rings. The lowest BCUT2D eigenvalue weighted by Crippen LogP contribution is -2.48. The first-order chi connectivity index (χ1) is 17.3. The number of esters is 2. The van der Waals surface area contributed by atoms with Crippen LogP contribution in [0.2, 0.25) is 0 Å². The largest absolute Gasteiger partial charge is 0.457 e. The summed E-state index contributed by atoms with van der Waals surface area (Å²) in [6, 6.07) is 8.44. The van der Waals surface area contributed by atoms with Crippen molar-refractivity contribution >= 4 is 11.9 Å². The lowest BCUT2D eigenvalue weighted by molar-refractivity contribution is 0.0526. The minimum atomic E-state index is -0.241. The van der Waals surface area contributed by atoms with Crippen LogP contribution in [-0.4, -0.2) is 41.0 Å². The quantitative estimate of drug-likeness (QED) is 0.529. The highest BCUT2D eigenvalue weighted by molar-refractivity contribution is 5.95. The van der Waals surface area contributed by atoms with Gasteiger partial charge < -0.3 is 20.1 Å². The number of cyclic esters (lactones) is 2. The third-order valence-corrected chi connectivity index (χ3v) is 7.06. The van der Waals surface area contributed by atoms with Crippen molar-refractivity contribution in [3.63, 3.8) is 0 Å². The van der Waals surface area contributed by atoms with Crippen LogP contribution in [0.5, 0.6) is 0 Å². The topological polar surface area (TPSA) is 102 Å². The van der Waals surface area contributed by atoms with Crippen molar-refractivity contribution in [2.24, 2.45) is 0 Å². The van der Waals surface area contributed by atoms with Crippen molar-refractivity contribution < 1.29 is 19.1 Å². The molecule has 4 heterocycles. The maximum absolute atomic E-state index is 11.5. The molecule has 8 heteroatoms. The Balaban J connectivity index is 0.000000148. The van der Waals surface area contributed by atoms with E-state index in [1.54, 1.807) is 18.5 Å². The lowest BCUT2D eigenvalue weighted by Gasteiger charge is -2.31. The van der Waals surface area contributed by atoms with Gasteiger partial charge in [-0.15, -0.1) is 0 Å². The number of hydrogen-bond donors (Lipinski definition) is 2. The molecular formula is C28H30N4O4. The highest BCUT2D eigenvalue weighted by atomic mass is 16.5. The van der Waals surface area contributed by atoms with Gasteiger partial charge in [0.15, 0.2) is 0 Å². The third-order valence-electron chi connectivity index (χ3n) is 7.06. The fraction of sp³-hybridized carbons (Fsp3) is 0.357. The smallest absolute Gasteiger partial charge is 0.338 e. The second-order valence-electron chi connectivity index (χ2n) is 9.55. The number of piperazine rings is 1. The van der Waals surface area contributed by atoms with Gasteiger partial charge >= 0.3 is 11.9 Å². The van der Waals surface area contributed by atoms with Gasteiger partial charge in [0.25, 0.3) is 0 Å². The summed E-state index contributed by atoms with van der Waals surface area (Å²) in [6.07, 6.45) is 3.46. The summed E-state index contributed by atoms with van der Waals surface area (Å²) in [6.45, 7) is 10.9. The maximum Gasteiger partial charge on any atom is 0.338 e. The van der Waals surface area contributed by atoms with Gasteiger partial charge in [-0.1, -0.05) is 12.1 Å². The van der Waals surface area contributed by atoms with Gasteiger partial charge in [-0.3, -0.25) is 4.98 Å². The average Bonchev–Trinajstić information content (AvgIpc) is 3.43. The normalized spacial score (nSPS) is 20.1. The molecule has 3 aromatic rings. The van der Waals surface area contributed by atoms with Gasteiger partial charge in [0, 0.05) is 48.1 Å². The Labute approximate surface area is 210 Å². The summed E-state index contributed by atoms with van der Waals surface area (Å²) in [5.41, 5.74) is 9.61. The number of rotatable bonds is 2. The lowest BCUT2D eigenvalue weighted by atomic mass is 9.93. The zero-order valence-electron chi connectivity index (χ0n) is 21.0. The van der Waals surface area contributed by atoms with E-state index in [1.807, 2.05) is 26.0 Å². The van der Waals surface area contributed by atoms with E-state index >= 15 is 0 Å². The van der Waals surface area contributed by atoms with E-state index in [0.717, 1.165) is 52.3 Å². The molecular weight excluding hydrogens is 456 g/mol. The van der Waals surface area contributed by atoms with Gasteiger partial charge in [0.2, 0.25) is 0 Å². The molecule has 6 rings (SSSR count). The number of hydrogen-bond acceptors (Lipinski definition) is 8. The Morgan fingerprint density at radius 2 is 1.47 bits per heavy atom. The molecule has 0 radical (unpaired) electrons. The molecule has 8 nitrogen and oxygen atoms in total. The van der Waals surface area contributed by atoms with Crippen molar-refractivity contribution in [3.8, 4) is 11.3 Å². The van der Waals surface area contributed by atoms with E-state index in [4.69, 9.17) is 9.47 Å². The van der Waals surface area contributed by atoms with Crippen molar-refractivity contribution in [2.45, 2.75) is 53.0 Å². The van der Waals surface area contributed by atoms with E-state index < -0.39 is 0 Å². The van der Waals surface area contributed by atoms with Crippen LogP contribution in [-0.2, 0) is 22.7 Å². The zero-order valence-corrected chi connectivity index (χ0v) is 21.0. The standard InChI is InChI=1S/C14H18N2O2.C14H12N2O2/c2*1-8-5-15-6-13(16-8)10-3-4-11-12(9(10)2)7-18-14(11)17/h3-4,8,13,15-16H,5-7H2,1-2H3;3-6H,7H2,1-2H3/t8-,13-;/m0./s1. The number of aromatic nitrogens is 2. The summed E-state index contributed by atoms with van der Waals surface area (Å²) in [5.74, 6) is -0.433. The van der Waals surface area contributed by atoms with Crippen molar-refractivity contribution in [3.05, 3.63) is 81.3 Å². The molecule has 0 aliphatic carbocycles. The number of carbonyl (C=O) groups excluding carboxylic acids is 2. The van der Waals surface area contributed by atoms with Gasteiger partial charge in [-0.05, 0) is 56.5 Å². The van der Waals surface area contributed by atoms with E-state index in [9.17, 15) is 9.59 Å². The highest BCUT2D eigenvalue weighted by Crippen LogP contribution is 2.31. The van der Waals surface area contributed by atoms with E-state index in [1.165, 1.54) is 11.1 Å². The number of carbonyl (C=O) groups is 2. The summed E-state index contributed by atoms with van der Waals surface area (Å²) in [7, 11) is 0. The van der Waals surface area contributed by atoms with Gasteiger partial charge in [0.1, 0.15) is 13.2 Å². The first-order valence-corrected chi connectivity index (χ1v) is 12.2. The third kappa shape index (κ3) is 4.50. The average molecular weight is 487 g/mol. The molecule has 186 valence electrons. The molecule has 2 atom stereocenters.